The zero-order valence-electron chi connectivity index (χ0n) is 12.3. The van der Waals surface area contributed by atoms with Gasteiger partial charge in [-0.2, -0.15) is 18.2 Å². The van der Waals surface area contributed by atoms with Gasteiger partial charge in [0.2, 0.25) is 5.95 Å². The monoisotopic (exact) mass is 333 g/mol. The van der Waals surface area contributed by atoms with Gasteiger partial charge in [0.1, 0.15) is 0 Å². The molecule has 8 nitrogen and oxygen atoms in total. The van der Waals surface area contributed by atoms with Gasteiger partial charge in [-0.05, 0) is 0 Å². The number of alkyl halides is 3. The molecule has 1 aliphatic heterocycles. The van der Waals surface area contributed by atoms with Crippen LogP contribution in [0.3, 0.4) is 0 Å². The standard InChI is InChI=1S/C12H14F3N5O3/c1-18-7-8(19(2)11(22)17-9(7)21)16-10(18)20-3-4-23-6(5-20)12(13,14)15/h6H,3-5H2,1-2H3,(H,17,21,22)/t6-/m0/s1. The quantitative estimate of drug-likeness (QED) is 0.776. The number of halogens is 3. The van der Waals surface area contributed by atoms with Crippen molar-refractivity contribution in [2.75, 3.05) is 24.6 Å². The van der Waals surface area contributed by atoms with Crippen molar-refractivity contribution in [2.45, 2.75) is 12.3 Å². The molecule has 1 aliphatic rings. The summed E-state index contributed by atoms with van der Waals surface area (Å²) in [6.07, 6.45) is -6.40. The second-order valence-electron chi connectivity index (χ2n) is 5.31. The molecule has 0 amide bonds. The number of ether oxygens (including phenoxy) is 1. The van der Waals surface area contributed by atoms with Crippen LogP contribution in [0.4, 0.5) is 19.1 Å². The maximum Gasteiger partial charge on any atom is 0.416 e. The van der Waals surface area contributed by atoms with Crippen molar-refractivity contribution in [1.29, 1.82) is 0 Å². The third-order valence-corrected chi connectivity index (χ3v) is 3.83. The van der Waals surface area contributed by atoms with Crippen LogP contribution in [0, 0.1) is 0 Å². The van der Waals surface area contributed by atoms with E-state index in [4.69, 9.17) is 4.74 Å². The maximum atomic E-state index is 12.8. The van der Waals surface area contributed by atoms with Crippen molar-refractivity contribution < 1.29 is 17.9 Å². The number of hydrogen-bond donors (Lipinski definition) is 1. The molecule has 0 radical (unpaired) electrons. The van der Waals surface area contributed by atoms with Crippen LogP contribution in [0.5, 0.6) is 0 Å². The molecular weight excluding hydrogens is 319 g/mol. The summed E-state index contributed by atoms with van der Waals surface area (Å²) >= 11 is 0. The number of morpholine rings is 1. The van der Waals surface area contributed by atoms with Gasteiger partial charge in [-0.25, -0.2) is 4.79 Å². The van der Waals surface area contributed by atoms with Crippen molar-refractivity contribution in [2.24, 2.45) is 14.1 Å². The lowest BCUT2D eigenvalue weighted by Crippen LogP contribution is -2.50. The Morgan fingerprint density at radius 1 is 1.26 bits per heavy atom. The van der Waals surface area contributed by atoms with Gasteiger partial charge in [-0.15, -0.1) is 0 Å². The van der Waals surface area contributed by atoms with E-state index in [1.54, 1.807) is 0 Å². The van der Waals surface area contributed by atoms with Crippen LogP contribution in [0.2, 0.25) is 0 Å². The number of anilines is 1. The Labute approximate surface area is 127 Å². The highest BCUT2D eigenvalue weighted by Gasteiger charge is 2.44. The van der Waals surface area contributed by atoms with Crippen LogP contribution in [0.15, 0.2) is 9.59 Å². The van der Waals surface area contributed by atoms with Crippen molar-refractivity contribution in [3.8, 4) is 0 Å². The third kappa shape index (κ3) is 2.50. The zero-order chi connectivity index (χ0) is 16.9. The van der Waals surface area contributed by atoms with E-state index in [-0.39, 0.29) is 30.3 Å². The molecule has 3 heterocycles. The van der Waals surface area contributed by atoms with Gasteiger partial charge in [0.05, 0.1) is 13.2 Å². The van der Waals surface area contributed by atoms with Crippen molar-refractivity contribution in [1.82, 2.24) is 19.1 Å². The van der Waals surface area contributed by atoms with E-state index in [1.165, 1.54) is 23.6 Å². The number of aromatic amines is 1. The van der Waals surface area contributed by atoms with E-state index in [2.05, 4.69) is 9.97 Å². The summed E-state index contributed by atoms with van der Waals surface area (Å²) in [5.74, 6) is 0.184. The lowest BCUT2D eigenvalue weighted by atomic mass is 10.3. The summed E-state index contributed by atoms with van der Waals surface area (Å²) in [6, 6.07) is 0. The zero-order valence-corrected chi connectivity index (χ0v) is 12.3. The van der Waals surface area contributed by atoms with Gasteiger partial charge in [0.25, 0.3) is 5.56 Å². The molecule has 0 aromatic carbocycles. The van der Waals surface area contributed by atoms with Crippen LogP contribution >= 0.6 is 0 Å². The maximum absolute atomic E-state index is 12.8. The molecule has 1 saturated heterocycles. The minimum absolute atomic E-state index is 0.108. The van der Waals surface area contributed by atoms with Crippen LogP contribution < -0.4 is 16.1 Å². The number of imidazole rings is 1. The van der Waals surface area contributed by atoms with Crippen LogP contribution in [-0.4, -0.2) is 51.1 Å². The number of nitrogens with one attached hydrogen (secondary N) is 1. The normalized spacial score (nSPS) is 19.5. The first-order chi connectivity index (χ1) is 10.7. The third-order valence-electron chi connectivity index (χ3n) is 3.83. The second-order valence-corrected chi connectivity index (χ2v) is 5.31. The SMILES string of the molecule is Cn1c(N2CCO[C@H](C(F)(F)F)C2)nc2c1c(=O)[nH]c(=O)n2C. The molecule has 1 fully saturated rings. The topological polar surface area (TPSA) is 85.2 Å². The Morgan fingerprint density at radius 2 is 1.96 bits per heavy atom. The number of rotatable bonds is 1. The minimum atomic E-state index is -4.48. The predicted molar refractivity (Wildman–Crippen MR) is 74.6 cm³/mol. The van der Waals surface area contributed by atoms with Crippen LogP contribution in [-0.2, 0) is 18.8 Å². The number of nitrogens with zero attached hydrogens (tertiary/aromatic N) is 4. The minimum Gasteiger partial charge on any atom is -0.365 e. The molecule has 11 heteroatoms. The average Bonchev–Trinajstić information content (AvgIpc) is 2.82. The van der Waals surface area contributed by atoms with Gasteiger partial charge < -0.3 is 14.2 Å². The second kappa shape index (κ2) is 5.11. The smallest absolute Gasteiger partial charge is 0.365 e. The predicted octanol–water partition coefficient (Wildman–Crippen LogP) is -0.272. The fourth-order valence-electron chi connectivity index (χ4n) is 2.61. The highest BCUT2D eigenvalue weighted by atomic mass is 19.4. The highest BCUT2D eigenvalue weighted by molar-refractivity contribution is 5.74. The summed E-state index contributed by atoms with van der Waals surface area (Å²) in [5.41, 5.74) is -1.03. The first-order valence-electron chi connectivity index (χ1n) is 6.79. The Morgan fingerprint density at radius 3 is 2.61 bits per heavy atom. The van der Waals surface area contributed by atoms with E-state index in [9.17, 15) is 22.8 Å². The molecule has 0 unspecified atom stereocenters. The van der Waals surface area contributed by atoms with Gasteiger partial charge in [0, 0.05) is 20.6 Å². The number of aryl methyl sites for hydroxylation is 2. The highest BCUT2D eigenvalue weighted by Crippen LogP contribution is 2.28. The summed E-state index contributed by atoms with van der Waals surface area (Å²) < 4.78 is 45.8. The molecule has 1 N–H and O–H groups in total. The van der Waals surface area contributed by atoms with E-state index < -0.39 is 30.1 Å². The molecule has 1 atom stereocenters. The molecule has 2 aromatic rings. The van der Waals surface area contributed by atoms with Crippen LogP contribution in [0.25, 0.3) is 11.2 Å². The van der Waals surface area contributed by atoms with Crippen molar-refractivity contribution >= 4 is 17.1 Å². The fourth-order valence-corrected chi connectivity index (χ4v) is 2.61. The largest absolute Gasteiger partial charge is 0.416 e. The summed E-state index contributed by atoms with van der Waals surface area (Å²) in [6.45, 7) is -0.329. The average molecular weight is 333 g/mol. The van der Waals surface area contributed by atoms with E-state index >= 15 is 0 Å². The number of H-pyrrole nitrogens is 1. The molecule has 0 bridgehead atoms. The van der Waals surface area contributed by atoms with E-state index in [1.807, 2.05) is 0 Å². The Bertz CT molecular complexity index is 866. The van der Waals surface area contributed by atoms with Gasteiger partial charge in [-0.3, -0.25) is 14.3 Å². The molecule has 23 heavy (non-hydrogen) atoms. The lowest BCUT2D eigenvalue weighted by Gasteiger charge is -2.34. The van der Waals surface area contributed by atoms with Crippen LogP contribution in [0.1, 0.15) is 0 Å². The van der Waals surface area contributed by atoms with E-state index in [0.717, 1.165) is 4.57 Å². The molecule has 3 rings (SSSR count). The summed E-state index contributed by atoms with van der Waals surface area (Å²) in [4.78, 5) is 31.3. The Balaban J connectivity index is 2.09. The summed E-state index contributed by atoms with van der Waals surface area (Å²) in [7, 11) is 2.94. The first-order valence-corrected chi connectivity index (χ1v) is 6.79. The molecule has 0 aliphatic carbocycles. The number of hydrogen-bond acceptors (Lipinski definition) is 5. The van der Waals surface area contributed by atoms with Gasteiger partial charge >= 0.3 is 11.9 Å². The molecular formula is C12H14F3N5O3. The molecule has 126 valence electrons. The fraction of sp³-hybridized carbons (Fsp3) is 0.583. The summed E-state index contributed by atoms with van der Waals surface area (Å²) in [5, 5.41) is 0. The lowest BCUT2D eigenvalue weighted by molar-refractivity contribution is -0.221. The molecule has 2 aromatic heterocycles. The molecule has 0 saturated carbocycles. The van der Waals surface area contributed by atoms with Gasteiger partial charge in [0.15, 0.2) is 17.3 Å². The first kappa shape index (κ1) is 15.6. The van der Waals surface area contributed by atoms with Crippen molar-refractivity contribution in [3.05, 3.63) is 20.8 Å². The van der Waals surface area contributed by atoms with Gasteiger partial charge in [-0.1, -0.05) is 0 Å². The Kier molecular flexibility index (Phi) is 3.47. The Hall–Kier alpha value is -2.30. The number of fused-ring (bicyclic) bond motifs is 1. The van der Waals surface area contributed by atoms with E-state index in [0.29, 0.717) is 0 Å². The van der Waals surface area contributed by atoms with Crippen molar-refractivity contribution in [3.63, 3.8) is 0 Å². The number of aromatic nitrogens is 4. The molecule has 0 spiro atoms.